The summed E-state index contributed by atoms with van der Waals surface area (Å²) in [5.41, 5.74) is 0.598. The zero-order valence-electron chi connectivity index (χ0n) is 10.4. The second kappa shape index (κ2) is 7.52. The normalized spacial score (nSPS) is 10.4. The molecule has 0 bridgehead atoms. The van der Waals surface area contributed by atoms with Crippen molar-refractivity contribution >= 4 is 40.7 Å². The van der Waals surface area contributed by atoms with Crippen molar-refractivity contribution in [1.82, 2.24) is 4.98 Å². The van der Waals surface area contributed by atoms with Crippen LogP contribution in [0.3, 0.4) is 0 Å². The van der Waals surface area contributed by atoms with Crippen molar-refractivity contribution in [2.75, 3.05) is 12.4 Å². The first-order valence-corrected chi connectivity index (χ1v) is 8.05. The van der Waals surface area contributed by atoms with E-state index in [1.54, 1.807) is 29.3 Å². The Kier molecular flexibility index (Phi) is 5.70. The van der Waals surface area contributed by atoms with Gasteiger partial charge in [0.25, 0.3) is 0 Å². The highest BCUT2D eigenvalue weighted by molar-refractivity contribution is 8.01. The van der Waals surface area contributed by atoms with Crippen LogP contribution in [0.15, 0.2) is 34.0 Å². The number of rotatable bonds is 7. The zero-order chi connectivity index (χ0) is 14.4. The van der Waals surface area contributed by atoms with E-state index in [4.69, 9.17) is 21.4 Å². The van der Waals surface area contributed by atoms with Crippen LogP contribution < -0.4 is 4.74 Å². The summed E-state index contributed by atoms with van der Waals surface area (Å²) >= 11 is 8.86. The number of ether oxygens (including phenoxy) is 1. The fourth-order valence-corrected chi connectivity index (χ4v) is 3.35. The van der Waals surface area contributed by atoms with Crippen molar-refractivity contribution < 1.29 is 14.6 Å². The number of nitrogens with zero attached hydrogens (tertiary/aromatic N) is 1. The molecule has 1 aromatic carbocycles. The fraction of sp³-hybridized carbons (Fsp3) is 0.231. The van der Waals surface area contributed by atoms with E-state index in [-0.39, 0.29) is 6.42 Å². The number of hydrogen-bond acceptors (Lipinski definition) is 5. The van der Waals surface area contributed by atoms with Crippen LogP contribution in [0.4, 0.5) is 0 Å². The molecule has 0 aliphatic heterocycles. The van der Waals surface area contributed by atoms with Gasteiger partial charge in [-0.3, -0.25) is 4.79 Å². The molecule has 0 spiro atoms. The molecule has 0 saturated carbocycles. The van der Waals surface area contributed by atoms with Crippen molar-refractivity contribution in [3.63, 3.8) is 0 Å². The number of hydrogen-bond donors (Lipinski definition) is 1. The van der Waals surface area contributed by atoms with E-state index < -0.39 is 5.97 Å². The van der Waals surface area contributed by atoms with Gasteiger partial charge >= 0.3 is 5.97 Å². The van der Waals surface area contributed by atoms with Crippen LogP contribution in [0.5, 0.6) is 5.75 Å². The third-order valence-corrected chi connectivity index (χ3v) is 4.51. The topological polar surface area (TPSA) is 59.4 Å². The Morgan fingerprint density at radius 1 is 1.50 bits per heavy atom. The van der Waals surface area contributed by atoms with E-state index in [1.165, 1.54) is 11.3 Å². The van der Waals surface area contributed by atoms with E-state index in [1.807, 2.05) is 12.1 Å². The molecule has 0 aliphatic rings. The number of halogens is 1. The maximum Gasteiger partial charge on any atom is 0.309 e. The van der Waals surface area contributed by atoms with E-state index in [9.17, 15) is 4.79 Å². The van der Waals surface area contributed by atoms with E-state index in [0.29, 0.717) is 17.3 Å². The molecule has 106 valence electrons. The third-order valence-electron chi connectivity index (χ3n) is 2.24. The van der Waals surface area contributed by atoms with Gasteiger partial charge in [-0.1, -0.05) is 29.4 Å². The Labute approximate surface area is 129 Å². The quantitative estimate of drug-likeness (QED) is 0.621. The summed E-state index contributed by atoms with van der Waals surface area (Å²) in [6.45, 7) is 0.541. The maximum absolute atomic E-state index is 10.5. The summed E-state index contributed by atoms with van der Waals surface area (Å²) in [6.07, 6.45) is -0.0317. The van der Waals surface area contributed by atoms with Gasteiger partial charge in [0, 0.05) is 16.2 Å². The molecule has 0 atom stereocenters. The SMILES string of the molecule is O=C(O)Cc1csc(SCCOc2cccc(Cl)c2)n1. The standard InChI is InChI=1S/C13H12ClNO3S2/c14-9-2-1-3-11(6-9)18-4-5-19-13-15-10(8-20-13)7-12(16)17/h1-3,6,8H,4-5,7H2,(H,16,17). The third kappa shape index (κ3) is 5.03. The lowest BCUT2D eigenvalue weighted by atomic mass is 10.3. The Morgan fingerprint density at radius 2 is 2.35 bits per heavy atom. The number of thioether (sulfide) groups is 1. The van der Waals surface area contributed by atoms with Gasteiger partial charge in [-0.15, -0.1) is 11.3 Å². The predicted molar refractivity (Wildman–Crippen MR) is 81.1 cm³/mol. The number of carboxylic acids is 1. The van der Waals surface area contributed by atoms with Gasteiger partial charge in [0.1, 0.15) is 10.1 Å². The zero-order valence-corrected chi connectivity index (χ0v) is 12.8. The summed E-state index contributed by atoms with van der Waals surface area (Å²) in [4.78, 5) is 14.8. The molecule has 4 nitrogen and oxygen atoms in total. The number of carboxylic acid groups (broad SMARTS) is 1. The summed E-state index contributed by atoms with van der Waals surface area (Å²) in [5, 5.41) is 11.1. The molecule has 0 fully saturated rings. The molecule has 0 saturated heterocycles. The van der Waals surface area contributed by atoms with Crippen LogP contribution in [0, 0.1) is 0 Å². The molecule has 1 aromatic heterocycles. The minimum atomic E-state index is -0.865. The summed E-state index contributed by atoms with van der Waals surface area (Å²) in [5.74, 6) is 0.618. The molecule has 0 aliphatic carbocycles. The molecule has 1 N–H and O–H groups in total. The average molecular weight is 330 g/mol. The Bertz CT molecular complexity index is 589. The number of thiazole rings is 1. The molecule has 0 radical (unpaired) electrons. The van der Waals surface area contributed by atoms with Crippen molar-refractivity contribution in [3.8, 4) is 5.75 Å². The van der Waals surface area contributed by atoms with Crippen molar-refractivity contribution in [2.45, 2.75) is 10.8 Å². The Balaban J connectivity index is 1.73. The molecule has 0 amide bonds. The second-order valence-corrected chi connectivity index (χ2v) is 6.47. The summed E-state index contributed by atoms with van der Waals surface area (Å²) < 4.78 is 6.41. The molecule has 7 heteroatoms. The van der Waals surface area contributed by atoms with Crippen LogP contribution >= 0.6 is 34.7 Å². The maximum atomic E-state index is 10.5. The minimum Gasteiger partial charge on any atom is -0.493 e. The largest absolute Gasteiger partial charge is 0.493 e. The summed E-state index contributed by atoms with van der Waals surface area (Å²) in [7, 11) is 0. The van der Waals surface area contributed by atoms with Crippen molar-refractivity contribution in [3.05, 3.63) is 40.4 Å². The molecule has 0 unspecified atom stereocenters. The number of aliphatic carboxylic acids is 1. The first-order valence-electron chi connectivity index (χ1n) is 5.81. The van der Waals surface area contributed by atoms with Gasteiger partial charge in [0.2, 0.25) is 0 Å². The molecule has 2 rings (SSSR count). The molecular weight excluding hydrogens is 318 g/mol. The first kappa shape index (κ1) is 15.2. The summed E-state index contributed by atoms with van der Waals surface area (Å²) in [6, 6.07) is 7.25. The van der Waals surface area contributed by atoms with Gasteiger partial charge in [0.05, 0.1) is 18.7 Å². The first-order chi connectivity index (χ1) is 9.63. The van der Waals surface area contributed by atoms with Gasteiger partial charge in [0.15, 0.2) is 0 Å². The minimum absolute atomic E-state index is 0.0317. The van der Waals surface area contributed by atoms with Crippen LogP contribution in [-0.2, 0) is 11.2 Å². The lowest BCUT2D eigenvalue weighted by Crippen LogP contribution is -2.01. The van der Waals surface area contributed by atoms with Gasteiger partial charge < -0.3 is 9.84 Å². The Hall–Kier alpha value is -1.24. The number of aromatic nitrogens is 1. The average Bonchev–Trinajstić information content (AvgIpc) is 2.81. The van der Waals surface area contributed by atoms with Gasteiger partial charge in [-0.05, 0) is 18.2 Å². The smallest absolute Gasteiger partial charge is 0.309 e. The van der Waals surface area contributed by atoms with Crippen molar-refractivity contribution in [2.24, 2.45) is 0 Å². The fourth-order valence-electron chi connectivity index (χ4n) is 1.44. The highest BCUT2D eigenvalue weighted by Gasteiger charge is 2.06. The number of carbonyl (C=O) groups is 1. The Morgan fingerprint density at radius 3 is 3.10 bits per heavy atom. The van der Waals surface area contributed by atoms with E-state index >= 15 is 0 Å². The van der Waals surface area contributed by atoms with Gasteiger partial charge in [-0.2, -0.15) is 0 Å². The van der Waals surface area contributed by atoms with Gasteiger partial charge in [-0.25, -0.2) is 4.98 Å². The highest BCUT2D eigenvalue weighted by Crippen LogP contribution is 2.23. The highest BCUT2D eigenvalue weighted by atomic mass is 35.5. The van der Waals surface area contributed by atoms with Crippen LogP contribution in [0.2, 0.25) is 5.02 Å². The van der Waals surface area contributed by atoms with E-state index in [2.05, 4.69) is 4.98 Å². The van der Waals surface area contributed by atoms with Crippen molar-refractivity contribution in [1.29, 1.82) is 0 Å². The second-order valence-electron chi connectivity index (χ2n) is 3.83. The molecule has 1 heterocycles. The predicted octanol–water partition coefficient (Wildman–Crippen LogP) is 3.59. The monoisotopic (exact) mass is 329 g/mol. The number of benzene rings is 1. The van der Waals surface area contributed by atoms with E-state index in [0.717, 1.165) is 15.8 Å². The van der Waals surface area contributed by atoms with Crippen LogP contribution in [0.25, 0.3) is 0 Å². The molecule has 2 aromatic rings. The van der Waals surface area contributed by atoms with Crippen LogP contribution in [0.1, 0.15) is 5.69 Å². The molecular formula is C13H12ClNO3S2. The molecule has 20 heavy (non-hydrogen) atoms. The van der Waals surface area contributed by atoms with Crippen LogP contribution in [-0.4, -0.2) is 28.4 Å². The lowest BCUT2D eigenvalue weighted by Gasteiger charge is -2.05. The lowest BCUT2D eigenvalue weighted by molar-refractivity contribution is -0.136.